The van der Waals surface area contributed by atoms with E-state index >= 15 is 0 Å². The monoisotopic (exact) mass is 1960 g/mol. The number of aryl methyl sites for hydroxylation is 2. The first-order chi connectivity index (χ1) is 44.3. The first kappa shape index (κ1) is 79.0. The summed E-state index contributed by atoms with van der Waals surface area (Å²) in [6.45, 7) is 15.8. The van der Waals surface area contributed by atoms with Gasteiger partial charge in [-0.1, -0.05) is 180 Å². The van der Waals surface area contributed by atoms with Crippen molar-refractivity contribution in [3.63, 3.8) is 0 Å². The van der Waals surface area contributed by atoms with Crippen LogP contribution in [0.4, 0.5) is 0 Å². The number of aromatic nitrogens is 5. The summed E-state index contributed by atoms with van der Waals surface area (Å²) in [6, 6.07) is 102. The van der Waals surface area contributed by atoms with Gasteiger partial charge < -0.3 is 25.0 Å². The van der Waals surface area contributed by atoms with Crippen LogP contribution in [0.1, 0.15) is 75.6 Å². The van der Waals surface area contributed by atoms with Crippen molar-refractivity contribution >= 4 is 16.7 Å². The minimum atomic E-state index is -0.125. The van der Waals surface area contributed by atoms with Gasteiger partial charge >= 0.3 is 0 Å². The second kappa shape index (κ2) is 42.1. The van der Waals surface area contributed by atoms with Crippen LogP contribution in [0.5, 0.6) is 0 Å². The number of pyridine rings is 5. The molecule has 0 unspecified atom stereocenters. The predicted molar refractivity (Wildman–Crippen MR) is 376 cm³/mol. The molecule has 0 spiro atoms. The molecule has 7 nitrogen and oxygen atoms in total. The summed E-state index contributed by atoms with van der Waals surface area (Å²) in [5, 5.41) is 9.54. The van der Waals surface area contributed by atoms with E-state index in [2.05, 4.69) is 219 Å². The van der Waals surface area contributed by atoms with Crippen molar-refractivity contribution in [3.8, 4) is 78.5 Å². The fourth-order valence-corrected chi connectivity index (χ4v) is 9.34. The molecule has 1 N–H and O–H groups in total. The zero-order valence-corrected chi connectivity index (χ0v) is 63.8. The molecule has 0 aliphatic heterocycles. The number of fused-ring (bicyclic) bond motifs is 1. The SMILES string of the molecule is CC(=O)C=C(C)O.CC(C)c1ccnc(-c2[c-]ccc(-c3ccccc3)c2)c1.CC(C)c1ccnc(-c2[c-]ccc(-c3ccccc3)c2)c1.Cc1[c-]c(-c2ccc3ccccc3n2)c(C)cc1.[Ir].[Ir].[Ir].[Ir].[c-]1ccccc1-c1ccccn1.[c-]1ccccc1-c1ccccn1. The van der Waals surface area contributed by atoms with Gasteiger partial charge in [-0.25, -0.2) is 0 Å². The molecule has 8 aromatic carbocycles. The van der Waals surface area contributed by atoms with E-state index in [1.165, 1.54) is 64.3 Å². The average molecular weight is 1950 g/mol. The second-order valence-corrected chi connectivity index (χ2v) is 21.9. The van der Waals surface area contributed by atoms with Crippen LogP contribution in [-0.2, 0) is 85.2 Å². The summed E-state index contributed by atoms with van der Waals surface area (Å²) < 4.78 is 0. The summed E-state index contributed by atoms with van der Waals surface area (Å²) in [5.74, 6) is 0.945. The van der Waals surface area contributed by atoms with Crippen molar-refractivity contribution in [3.05, 3.63) is 344 Å². The largest absolute Gasteiger partial charge is 0.512 e. The quantitative estimate of drug-likeness (QED) is 0.0827. The van der Waals surface area contributed by atoms with Crippen LogP contribution < -0.4 is 0 Å². The van der Waals surface area contributed by atoms with E-state index in [4.69, 9.17) is 10.1 Å². The number of para-hydroxylation sites is 1. The number of allylic oxidation sites excluding steroid dienone is 2. The Balaban J connectivity index is 0.000000248. The molecule has 0 bridgehead atoms. The molecule has 0 saturated heterocycles. The van der Waals surface area contributed by atoms with Crippen molar-refractivity contribution in [1.29, 1.82) is 0 Å². The van der Waals surface area contributed by atoms with Crippen LogP contribution in [-0.4, -0.2) is 35.8 Å². The van der Waals surface area contributed by atoms with Crippen molar-refractivity contribution < 1.29 is 90.3 Å². The molecule has 0 fully saturated rings. The number of ketones is 1. The Hall–Kier alpha value is -8.42. The van der Waals surface area contributed by atoms with Crippen molar-refractivity contribution in [2.75, 3.05) is 0 Å². The van der Waals surface area contributed by atoms with Gasteiger partial charge in [0.2, 0.25) is 0 Å². The van der Waals surface area contributed by atoms with Crippen LogP contribution in [0.2, 0.25) is 0 Å². The average Bonchev–Trinajstić information content (AvgIpc) is 0.869. The summed E-state index contributed by atoms with van der Waals surface area (Å²) in [7, 11) is 0. The van der Waals surface area contributed by atoms with Crippen LogP contribution in [0, 0.1) is 44.2 Å². The van der Waals surface area contributed by atoms with Crippen LogP contribution in [0.25, 0.3) is 89.4 Å². The molecular formula is C84H74Ir4N5O2-5. The minimum absolute atomic E-state index is 0. The molecule has 5 aromatic heterocycles. The molecule has 4 radical (unpaired) electrons. The predicted octanol–water partition coefficient (Wildman–Crippen LogP) is 21.1. The fraction of sp³-hybridized carbons (Fsp3) is 0.119. The van der Waals surface area contributed by atoms with Gasteiger partial charge in [-0.05, 0) is 101 Å². The van der Waals surface area contributed by atoms with Gasteiger partial charge in [-0.15, -0.1) is 177 Å². The molecule has 5 heterocycles. The Morgan fingerprint density at radius 1 is 0.400 bits per heavy atom. The van der Waals surface area contributed by atoms with E-state index in [-0.39, 0.29) is 92.0 Å². The van der Waals surface area contributed by atoms with Crippen molar-refractivity contribution in [2.45, 2.75) is 67.2 Å². The van der Waals surface area contributed by atoms with Gasteiger partial charge in [-0.2, -0.15) is 0 Å². The zero-order valence-electron chi connectivity index (χ0n) is 54.2. The van der Waals surface area contributed by atoms with Crippen molar-refractivity contribution in [1.82, 2.24) is 24.9 Å². The van der Waals surface area contributed by atoms with Crippen LogP contribution in [0.3, 0.4) is 0 Å². The fourth-order valence-electron chi connectivity index (χ4n) is 9.34. The van der Waals surface area contributed by atoms with Crippen LogP contribution in [0.15, 0.2) is 291 Å². The molecule has 0 amide bonds. The Kier molecular flexibility index (Phi) is 35.0. The van der Waals surface area contributed by atoms with E-state index in [0.717, 1.165) is 67.4 Å². The first-order valence-electron chi connectivity index (χ1n) is 30.3. The van der Waals surface area contributed by atoms with Gasteiger partial charge in [0.1, 0.15) is 0 Å². The Labute approximate surface area is 616 Å². The summed E-state index contributed by atoms with van der Waals surface area (Å²) >= 11 is 0. The first-order valence-corrected chi connectivity index (χ1v) is 30.3. The molecule has 0 atom stereocenters. The molecule has 0 saturated carbocycles. The number of rotatable bonds is 10. The molecule has 488 valence electrons. The maximum absolute atomic E-state index is 10.0. The van der Waals surface area contributed by atoms with Crippen molar-refractivity contribution in [2.24, 2.45) is 0 Å². The number of aliphatic hydroxyl groups is 1. The maximum atomic E-state index is 10.0. The van der Waals surface area contributed by atoms with Gasteiger partial charge in [0.25, 0.3) is 0 Å². The van der Waals surface area contributed by atoms with Crippen LogP contribution >= 0.6 is 0 Å². The molecule has 13 aromatic rings. The van der Waals surface area contributed by atoms with E-state index in [0.29, 0.717) is 11.8 Å². The topological polar surface area (TPSA) is 102 Å². The van der Waals surface area contributed by atoms with E-state index in [9.17, 15) is 4.79 Å². The Bertz CT molecular complexity index is 4090. The summed E-state index contributed by atoms with van der Waals surface area (Å²) in [5.41, 5.74) is 21.0. The van der Waals surface area contributed by atoms with E-state index < -0.39 is 0 Å². The van der Waals surface area contributed by atoms with Gasteiger partial charge in [0, 0.05) is 111 Å². The third-order valence-corrected chi connectivity index (χ3v) is 14.1. The third-order valence-electron chi connectivity index (χ3n) is 14.1. The molecule has 95 heavy (non-hydrogen) atoms. The molecule has 11 heteroatoms. The minimum Gasteiger partial charge on any atom is -0.512 e. The number of nitrogens with zero attached hydrogens (tertiary/aromatic N) is 5. The number of hydrogen-bond acceptors (Lipinski definition) is 7. The van der Waals surface area contributed by atoms with E-state index in [1.807, 2.05) is 140 Å². The Morgan fingerprint density at radius 2 is 0.842 bits per heavy atom. The summed E-state index contributed by atoms with van der Waals surface area (Å²) in [4.78, 5) is 32.2. The maximum Gasteiger partial charge on any atom is 0.155 e. The molecule has 0 aliphatic carbocycles. The van der Waals surface area contributed by atoms with Gasteiger partial charge in [-0.3, -0.25) is 9.78 Å². The Morgan fingerprint density at radius 3 is 1.26 bits per heavy atom. The number of aliphatic hydroxyl groups excluding tert-OH is 1. The van der Waals surface area contributed by atoms with Gasteiger partial charge in [0.05, 0.1) is 11.3 Å². The smallest absolute Gasteiger partial charge is 0.155 e. The number of hydrogen-bond donors (Lipinski definition) is 1. The number of benzene rings is 8. The normalized spacial score (nSPS) is 10.1. The number of carbonyl (C=O) groups excluding carboxylic acids is 1. The number of carbonyl (C=O) groups is 1. The molecular weight excluding hydrogens is 1880 g/mol. The standard InChI is InChI=1S/2C20H18N.C17H14N.2C11H8N.C5H8O2.4Ir/c2*1-15(2)17-11-12-21-20(14-17)19-10-6-9-18(13-19)16-7-4-3-5-8-16;1-12-7-8-13(2)15(11-12)17-10-9-14-5-3-4-6-16(14)18-17;2*1-2-6-10(7-3-1)11-8-4-5-9-12-11;1-4(6)3-5(2)7;;;;/h2*3-9,11-15H,1-2H3;3-10H,1-2H3;2*1-6,8-9H;3,6H,1-2H3;;;;/q5*-1;;;;;. The summed E-state index contributed by atoms with van der Waals surface area (Å²) in [6.07, 6.45) is 8.51. The molecule has 13 rings (SSSR count). The molecule has 0 aliphatic rings. The second-order valence-electron chi connectivity index (χ2n) is 21.9. The zero-order chi connectivity index (χ0) is 64.2. The third kappa shape index (κ3) is 25.7. The van der Waals surface area contributed by atoms with Gasteiger partial charge in [0.15, 0.2) is 5.78 Å². The van der Waals surface area contributed by atoms with E-state index in [1.54, 1.807) is 12.4 Å².